The lowest BCUT2D eigenvalue weighted by atomic mass is 10.0. The number of carboxylic acids is 1. The Morgan fingerprint density at radius 2 is 0.972 bits per heavy atom. The Bertz CT molecular complexity index is 540. The Labute approximate surface area is 206 Å². The number of carboxylic acid groups (broad SMARTS) is 1. The van der Waals surface area contributed by atoms with Crippen molar-refractivity contribution in [1.29, 1.82) is 0 Å². The average molecular weight is 541 g/mol. The molecule has 0 rings (SSSR count). The summed E-state index contributed by atoms with van der Waals surface area (Å²) in [6, 6.07) is 0. The fraction of sp³-hybridized carbons (Fsp3) is 0.842. The highest BCUT2D eigenvalue weighted by molar-refractivity contribution is 5.87. The zero-order valence-electron chi connectivity index (χ0n) is 20.1. The Hall–Kier alpha value is -1.87. The van der Waals surface area contributed by atoms with Gasteiger partial charge >= 0.3 is 5.97 Å². The van der Waals surface area contributed by atoms with E-state index in [1.54, 1.807) is 6.92 Å². The van der Waals surface area contributed by atoms with Crippen LogP contribution < -0.4 is 0 Å². The van der Waals surface area contributed by atoms with Gasteiger partial charge in [0.15, 0.2) is 6.61 Å². The second kappa shape index (κ2) is 24.8. The monoisotopic (exact) mass is 540 g/mol. The summed E-state index contributed by atoms with van der Waals surface area (Å²) in [5.74, 6) is -2.94. The summed E-state index contributed by atoms with van der Waals surface area (Å²) < 4.78 is 4.30. The molecule has 0 aliphatic carbocycles. The van der Waals surface area contributed by atoms with Crippen molar-refractivity contribution in [2.24, 2.45) is 0 Å². The maximum absolute atomic E-state index is 11.2. The van der Waals surface area contributed by atoms with Crippen LogP contribution in [0.1, 0.15) is 20.8 Å². The van der Waals surface area contributed by atoms with E-state index < -0.39 is 93.0 Å². The van der Waals surface area contributed by atoms with Crippen LogP contribution in [-0.4, -0.2) is 166 Å². The van der Waals surface area contributed by atoms with Crippen LogP contribution in [0.2, 0.25) is 0 Å². The molecule has 0 aromatic rings. The molecule has 0 aliphatic rings. The third-order valence-corrected chi connectivity index (χ3v) is 3.44. The minimum Gasteiger partial charge on any atom is -0.481 e. The third-order valence-electron chi connectivity index (χ3n) is 3.44. The Kier molecular flexibility index (Phi) is 28.4. The maximum Gasteiger partial charge on any atom is 0.335 e. The van der Waals surface area contributed by atoms with E-state index in [-0.39, 0.29) is 6.61 Å². The lowest BCUT2D eigenvalue weighted by Crippen LogP contribution is -2.46. The Morgan fingerprint density at radius 1 is 0.694 bits per heavy atom. The lowest BCUT2D eigenvalue weighted by Gasteiger charge is -2.24. The minimum absolute atomic E-state index is 0.250. The number of esters is 1. The highest BCUT2D eigenvalue weighted by atomic mass is 16.6. The van der Waals surface area contributed by atoms with E-state index in [4.69, 9.17) is 66.1 Å². The number of hydrogen-bond acceptors (Lipinski definition) is 16. The first-order chi connectivity index (χ1) is 16.5. The molecule has 17 nitrogen and oxygen atoms in total. The molecule has 0 bridgehead atoms. The van der Waals surface area contributed by atoms with Gasteiger partial charge in [-0.1, -0.05) is 0 Å². The first-order valence-corrected chi connectivity index (χ1v) is 10.3. The highest BCUT2D eigenvalue weighted by Crippen LogP contribution is 2.04. The summed E-state index contributed by atoms with van der Waals surface area (Å²) in [6.45, 7) is 1.01. The number of aliphatic hydroxyl groups is 12. The molecule has 0 radical (unpaired) electrons. The maximum atomic E-state index is 11.2. The van der Waals surface area contributed by atoms with Gasteiger partial charge in [0.2, 0.25) is 5.78 Å². The van der Waals surface area contributed by atoms with Crippen molar-refractivity contribution in [2.75, 3.05) is 33.0 Å². The second-order valence-corrected chi connectivity index (χ2v) is 6.75. The zero-order chi connectivity index (χ0) is 29.6. The fourth-order valence-corrected chi connectivity index (χ4v) is 1.53. The molecule has 0 heterocycles. The van der Waals surface area contributed by atoms with Gasteiger partial charge in [0.05, 0.1) is 19.8 Å². The number of hydrogen-bond donors (Lipinski definition) is 13. The van der Waals surface area contributed by atoms with E-state index >= 15 is 0 Å². The van der Waals surface area contributed by atoms with Gasteiger partial charge in [-0.3, -0.25) is 9.59 Å². The Balaban J connectivity index is -0.000000233. The van der Waals surface area contributed by atoms with Crippen LogP contribution in [0.5, 0.6) is 0 Å². The van der Waals surface area contributed by atoms with Gasteiger partial charge in [0.1, 0.15) is 48.8 Å². The van der Waals surface area contributed by atoms with Crippen molar-refractivity contribution in [3.8, 4) is 0 Å². The number of rotatable bonds is 12. The van der Waals surface area contributed by atoms with Gasteiger partial charge < -0.3 is 71.1 Å². The van der Waals surface area contributed by atoms with Gasteiger partial charge in [-0.15, -0.1) is 0 Å². The van der Waals surface area contributed by atoms with Gasteiger partial charge in [-0.2, -0.15) is 0 Å². The molecule has 0 amide bonds. The molecule has 0 saturated carbocycles. The van der Waals surface area contributed by atoms with Gasteiger partial charge in [-0.05, 0) is 13.8 Å². The second-order valence-electron chi connectivity index (χ2n) is 6.75. The van der Waals surface area contributed by atoms with Crippen LogP contribution in [0.25, 0.3) is 0 Å². The predicted molar refractivity (Wildman–Crippen MR) is 117 cm³/mol. The van der Waals surface area contributed by atoms with Gasteiger partial charge in [-0.25, -0.2) is 4.79 Å². The molecule has 0 fully saturated rings. The SMILES string of the molecule is CC(=O)O.CC(O)C(=O)OCC(=O)[C@@H](O)[C@H](O)[C@H](O)CO.CCO.OC[C@@H](O)[C@@H](O)[C@H](O)[C@H](O)CO. The molecule has 0 spiro atoms. The molecule has 8 atom stereocenters. The minimum atomic E-state index is -1.99. The summed E-state index contributed by atoms with van der Waals surface area (Å²) in [5.41, 5.74) is 0. The van der Waals surface area contributed by atoms with E-state index in [1.165, 1.54) is 0 Å². The molecule has 0 aromatic heterocycles. The van der Waals surface area contributed by atoms with Crippen molar-refractivity contribution in [3.05, 3.63) is 0 Å². The topological polar surface area (TPSA) is 323 Å². The molecule has 218 valence electrons. The smallest absolute Gasteiger partial charge is 0.335 e. The fourth-order valence-electron chi connectivity index (χ4n) is 1.53. The molecular formula is C19H40O17. The Morgan fingerprint density at radius 3 is 1.22 bits per heavy atom. The molecule has 36 heavy (non-hydrogen) atoms. The van der Waals surface area contributed by atoms with Crippen molar-refractivity contribution in [2.45, 2.75) is 69.6 Å². The van der Waals surface area contributed by atoms with Crippen molar-refractivity contribution in [3.63, 3.8) is 0 Å². The van der Waals surface area contributed by atoms with Crippen LogP contribution >= 0.6 is 0 Å². The normalized spacial score (nSPS) is 16.9. The van der Waals surface area contributed by atoms with E-state index in [9.17, 15) is 14.7 Å². The quantitative estimate of drug-likeness (QED) is 0.102. The molecule has 0 saturated heterocycles. The van der Waals surface area contributed by atoms with E-state index in [0.717, 1.165) is 13.8 Å². The van der Waals surface area contributed by atoms with Crippen molar-refractivity contribution < 1.29 is 85.5 Å². The number of ketones is 1. The van der Waals surface area contributed by atoms with Crippen LogP contribution in [0.15, 0.2) is 0 Å². The summed E-state index contributed by atoms with van der Waals surface area (Å²) >= 11 is 0. The van der Waals surface area contributed by atoms with Crippen molar-refractivity contribution >= 4 is 17.7 Å². The van der Waals surface area contributed by atoms with Crippen LogP contribution in [0.3, 0.4) is 0 Å². The van der Waals surface area contributed by atoms with Gasteiger partial charge in [0, 0.05) is 13.5 Å². The number of carbonyl (C=O) groups excluding carboxylic acids is 2. The molecular weight excluding hydrogens is 500 g/mol. The van der Waals surface area contributed by atoms with Crippen molar-refractivity contribution in [1.82, 2.24) is 0 Å². The molecule has 0 aromatic carbocycles. The van der Waals surface area contributed by atoms with E-state index in [0.29, 0.717) is 0 Å². The standard InChI is InChI=1S/C9H16O8.C6H14O6.C2H4O2.C2H6O/c1-4(11)9(16)17-3-6(13)8(15)7(14)5(12)2-10;7-1-3(9)5(11)6(12)4(10)2-8;1-2(3)4;1-2-3/h4-5,7-8,10-12,14-15H,2-3H2,1H3;3-12H,1-2H2;1H3,(H,3,4);3H,2H2,1H3/t4?,5-,7-,8-;3-,4-,5-,6-;;/m11../s1. The van der Waals surface area contributed by atoms with Crippen LogP contribution in [0, 0.1) is 0 Å². The number of aliphatic carboxylic acids is 1. The largest absolute Gasteiger partial charge is 0.481 e. The third kappa shape index (κ3) is 22.6. The van der Waals surface area contributed by atoms with Crippen LogP contribution in [-0.2, 0) is 19.1 Å². The van der Waals surface area contributed by atoms with E-state index in [2.05, 4.69) is 4.74 Å². The highest BCUT2D eigenvalue weighted by Gasteiger charge is 2.31. The van der Waals surface area contributed by atoms with Crippen LogP contribution in [0.4, 0.5) is 0 Å². The first kappa shape index (κ1) is 41.3. The number of aliphatic hydroxyl groups excluding tert-OH is 12. The summed E-state index contributed by atoms with van der Waals surface area (Å²) in [5, 5.41) is 112. The zero-order valence-corrected chi connectivity index (χ0v) is 20.1. The van der Waals surface area contributed by atoms with Gasteiger partial charge in [0.25, 0.3) is 5.97 Å². The first-order valence-electron chi connectivity index (χ1n) is 10.3. The number of ether oxygens (including phenoxy) is 1. The predicted octanol–water partition coefficient (Wildman–Crippen LogP) is -6.94. The summed E-state index contributed by atoms with van der Waals surface area (Å²) in [7, 11) is 0. The van der Waals surface area contributed by atoms with E-state index in [1.807, 2.05) is 0 Å². The molecule has 17 heteroatoms. The average Bonchev–Trinajstić information content (AvgIpc) is 2.83. The lowest BCUT2D eigenvalue weighted by molar-refractivity contribution is -0.160. The summed E-state index contributed by atoms with van der Waals surface area (Å²) in [4.78, 5) is 30.9. The summed E-state index contributed by atoms with van der Waals surface area (Å²) in [6.07, 6.45) is -13.3. The molecule has 0 aliphatic heterocycles. The number of Topliss-reactive ketones (excluding diaryl/α,β-unsaturated/α-hetero) is 1. The molecule has 1 unspecified atom stereocenters. The molecule has 13 N–H and O–H groups in total. The number of carbonyl (C=O) groups is 3.